The number of ether oxygens (including phenoxy) is 2. The van der Waals surface area contributed by atoms with E-state index in [0.29, 0.717) is 17.2 Å². The molecule has 0 unspecified atom stereocenters. The standard InChI is InChI=1S/C18H21FN2O5S/c1-18(21-27(4,23)24,12-5-7-13(19)8-6-12)17(22)20-15-10-9-14(25-2)11-16(15)26-3/h5-11,21H,1-4H3,(H,20,22)/t18-/m0/s1. The van der Waals surface area contributed by atoms with Crippen molar-refractivity contribution in [2.45, 2.75) is 12.5 Å². The number of sulfonamides is 1. The average molecular weight is 396 g/mol. The van der Waals surface area contributed by atoms with Crippen molar-refractivity contribution in [3.8, 4) is 11.5 Å². The number of amides is 1. The van der Waals surface area contributed by atoms with Crippen molar-refractivity contribution >= 4 is 21.6 Å². The van der Waals surface area contributed by atoms with E-state index in [1.54, 1.807) is 18.2 Å². The van der Waals surface area contributed by atoms with Gasteiger partial charge in [0.25, 0.3) is 0 Å². The van der Waals surface area contributed by atoms with Crippen LogP contribution in [0.25, 0.3) is 0 Å². The molecule has 0 saturated heterocycles. The molecule has 0 aliphatic rings. The van der Waals surface area contributed by atoms with Crippen LogP contribution in [0, 0.1) is 5.82 Å². The molecule has 7 nitrogen and oxygen atoms in total. The first kappa shape index (κ1) is 20.7. The van der Waals surface area contributed by atoms with Gasteiger partial charge in [0, 0.05) is 6.07 Å². The lowest BCUT2D eigenvalue weighted by atomic mass is 9.92. The molecular formula is C18H21FN2O5S. The summed E-state index contributed by atoms with van der Waals surface area (Å²) in [5, 5.41) is 2.65. The molecule has 2 aromatic rings. The van der Waals surface area contributed by atoms with Crippen molar-refractivity contribution < 1.29 is 27.1 Å². The van der Waals surface area contributed by atoms with Crippen molar-refractivity contribution in [1.82, 2.24) is 4.72 Å². The van der Waals surface area contributed by atoms with Gasteiger partial charge in [-0.15, -0.1) is 0 Å². The van der Waals surface area contributed by atoms with E-state index in [0.717, 1.165) is 18.4 Å². The molecule has 2 N–H and O–H groups in total. The summed E-state index contributed by atoms with van der Waals surface area (Å²) >= 11 is 0. The second kappa shape index (κ2) is 7.93. The topological polar surface area (TPSA) is 93.7 Å². The average Bonchev–Trinajstić information content (AvgIpc) is 2.60. The van der Waals surface area contributed by atoms with Crippen LogP contribution in [-0.2, 0) is 20.4 Å². The van der Waals surface area contributed by atoms with Gasteiger partial charge >= 0.3 is 0 Å². The predicted molar refractivity (Wildman–Crippen MR) is 99.9 cm³/mol. The molecule has 0 aromatic heterocycles. The van der Waals surface area contributed by atoms with Gasteiger partial charge in [0.1, 0.15) is 22.9 Å². The molecule has 1 atom stereocenters. The van der Waals surface area contributed by atoms with Crippen molar-refractivity contribution in [2.75, 3.05) is 25.8 Å². The van der Waals surface area contributed by atoms with Crippen LogP contribution in [0.2, 0.25) is 0 Å². The normalized spacial score (nSPS) is 13.5. The fourth-order valence-corrected chi connectivity index (χ4v) is 3.49. The Morgan fingerprint density at radius 3 is 2.22 bits per heavy atom. The molecule has 0 aliphatic heterocycles. The molecule has 0 aliphatic carbocycles. The van der Waals surface area contributed by atoms with Crippen LogP contribution in [-0.4, -0.2) is 34.8 Å². The van der Waals surface area contributed by atoms with Crippen molar-refractivity contribution in [3.05, 3.63) is 53.8 Å². The first-order valence-corrected chi connectivity index (χ1v) is 9.76. The number of benzene rings is 2. The van der Waals surface area contributed by atoms with Gasteiger partial charge in [-0.25, -0.2) is 12.8 Å². The maximum absolute atomic E-state index is 13.3. The largest absolute Gasteiger partial charge is 0.497 e. The summed E-state index contributed by atoms with van der Waals surface area (Å²) in [5.41, 5.74) is -1.07. The van der Waals surface area contributed by atoms with E-state index in [4.69, 9.17) is 9.47 Å². The maximum Gasteiger partial charge on any atom is 0.250 e. The van der Waals surface area contributed by atoms with Crippen LogP contribution in [0.3, 0.4) is 0 Å². The number of carbonyl (C=O) groups excluding carboxylic acids is 1. The Balaban J connectivity index is 2.44. The van der Waals surface area contributed by atoms with E-state index in [-0.39, 0.29) is 5.56 Å². The second-order valence-corrected chi connectivity index (χ2v) is 7.77. The fourth-order valence-electron chi connectivity index (χ4n) is 2.54. The van der Waals surface area contributed by atoms with Crippen LogP contribution in [0.15, 0.2) is 42.5 Å². The smallest absolute Gasteiger partial charge is 0.250 e. The monoisotopic (exact) mass is 396 g/mol. The van der Waals surface area contributed by atoms with E-state index in [2.05, 4.69) is 10.0 Å². The molecule has 2 aromatic carbocycles. The predicted octanol–water partition coefficient (Wildman–Crippen LogP) is 2.25. The Bertz CT molecular complexity index is 931. The molecule has 146 valence electrons. The van der Waals surface area contributed by atoms with Crippen LogP contribution < -0.4 is 19.5 Å². The van der Waals surface area contributed by atoms with Crippen LogP contribution in [0.5, 0.6) is 11.5 Å². The lowest BCUT2D eigenvalue weighted by Crippen LogP contribution is -2.51. The molecule has 0 radical (unpaired) electrons. The number of anilines is 1. The third-order valence-corrected chi connectivity index (χ3v) is 4.70. The minimum Gasteiger partial charge on any atom is -0.497 e. The zero-order valence-electron chi connectivity index (χ0n) is 15.4. The quantitative estimate of drug-likeness (QED) is 0.749. The lowest BCUT2D eigenvalue weighted by Gasteiger charge is -2.29. The molecule has 0 heterocycles. The van der Waals surface area contributed by atoms with Gasteiger partial charge in [0.05, 0.1) is 26.2 Å². The third-order valence-electron chi connectivity index (χ3n) is 3.92. The fraction of sp³-hybridized carbons (Fsp3) is 0.278. The summed E-state index contributed by atoms with van der Waals surface area (Å²) in [7, 11) is -0.836. The van der Waals surface area contributed by atoms with Gasteiger partial charge in [-0.2, -0.15) is 4.72 Å². The van der Waals surface area contributed by atoms with E-state index in [9.17, 15) is 17.6 Å². The van der Waals surface area contributed by atoms with Gasteiger partial charge in [0.2, 0.25) is 15.9 Å². The molecular weight excluding hydrogens is 375 g/mol. The van der Waals surface area contributed by atoms with Crippen LogP contribution in [0.4, 0.5) is 10.1 Å². The number of methoxy groups -OCH3 is 2. The number of halogens is 1. The molecule has 0 bridgehead atoms. The first-order chi connectivity index (χ1) is 12.6. The highest BCUT2D eigenvalue weighted by atomic mass is 32.2. The number of nitrogens with one attached hydrogen (secondary N) is 2. The summed E-state index contributed by atoms with van der Waals surface area (Å²) in [5.74, 6) is -0.301. The highest BCUT2D eigenvalue weighted by molar-refractivity contribution is 7.88. The van der Waals surface area contributed by atoms with Gasteiger partial charge in [-0.3, -0.25) is 4.79 Å². The van der Waals surface area contributed by atoms with Gasteiger partial charge < -0.3 is 14.8 Å². The highest BCUT2D eigenvalue weighted by Crippen LogP contribution is 2.31. The minimum absolute atomic E-state index is 0.277. The van der Waals surface area contributed by atoms with Gasteiger partial charge in [-0.1, -0.05) is 12.1 Å². The van der Waals surface area contributed by atoms with Crippen LogP contribution >= 0.6 is 0 Å². The van der Waals surface area contributed by atoms with E-state index >= 15 is 0 Å². The second-order valence-electron chi connectivity index (χ2n) is 6.03. The number of rotatable bonds is 7. The third kappa shape index (κ3) is 4.95. The highest BCUT2D eigenvalue weighted by Gasteiger charge is 2.38. The Hall–Kier alpha value is -2.65. The summed E-state index contributed by atoms with van der Waals surface area (Å²) in [6.07, 6.45) is 0.940. The molecule has 0 saturated carbocycles. The number of hydrogen-bond donors (Lipinski definition) is 2. The van der Waals surface area contributed by atoms with E-state index in [1.807, 2.05) is 0 Å². The van der Waals surface area contributed by atoms with Gasteiger partial charge in [0.15, 0.2) is 0 Å². The summed E-state index contributed by atoms with van der Waals surface area (Å²) in [6, 6.07) is 9.77. The zero-order valence-corrected chi connectivity index (χ0v) is 16.2. The Morgan fingerprint density at radius 1 is 1.07 bits per heavy atom. The maximum atomic E-state index is 13.3. The number of carbonyl (C=O) groups is 1. The van der Waals surface area contributed by atoms with Gasteiger partial charge in [-0.05, 0) is 36.8 Å². The molecule has 0 spiro atoms. The van der Waals surface area contributed by atoms with Crippen molar-refractivity contribution in [2.24, 2.45) is 0 Å². The van der Waals surface area contributed by atoms with Crippen LogP contribution in [0.1, 0.15) is 12.5 Å². The molecule has 27 heavy (non-hydrogen) atoms. The van der Waals surface area contributed by atoms with E-state index in [1.165, 1.54) is 33.3 Å². The summed E-state index contributed by atoms with van der Waals surface area (Å²) in [6.45, 7) is 1.40. The summed E-state index contributed by atoms with van der Waals surface area (Å²) in [4.78, 5) is 13.0. The summed E-state index contributed by atoms with van der Waals surface area (Å²) < 4.78 is 49.6. The SMILES string of the molecule is COc1ccc(NC(=O)[C@@](C)(NS(C)(=O)=O)c2ccc(F)cc2)c(OC)c1. The Morgan fingerprint density at radius 2 is 1.70 bits per heavy atom. The molecule has 9 heteroatoms. The number of hydrogen-bond acceptors (Lipinski definition) is 5. The van der Waals surface area contributed by atoms with E-state index < -0.39 is 27.3 Å². The minimum atomic E-state index is -3.76. The lowest BCUT2D eigenvalue weighted by molar-refractivity contribution is -0.121. The Kier molecular flexibility index (Phi) is 6.07. The zero-order chi connectivity index (χ0) is 20.2. The Labute approximate surface area is 157 Å². The molecule has 2 rings (SSSR count). The first-order valence-electron chi connectivity index (χ1n) is 7.87. The molecule has 0 fully saturated rings. The van der Waals surface area contributed by atoms with Crippen molar-refractivity contribution in [1.29, 1.82) is 0 Å². The van der Waals surface area contributed by atoms with Crippen molar-refractivity contribution in [3.63, 3.8) is 0 Å². The molecule has 1 amide bonds.